The second kappa shape index (κ2) is 6.35. The molecule has 0 aromatic heterocycles. The van der Waals surface area contributed by atoms with Crippen LogP contribution in [0.1, 0.15) is 34.1 Å². The first-order valence-corrected chi connectivity index (χ1v) is 5.00. The number of ether oxygens (including phenoxy) is 1. The van der Waals surface area contributed by atoms with E-state index in [1.54, 1.807) is 0 Å². The molecular formula is C10H23NO2. The Morgan fingerprint density at radius 2 is 2.08 bits per heavy atom. The fourth-order valence-corrected chi connectivity index (χ4v) is 1.04. The van der Waals surface area contributed by atoms with Crippen LogP contribution in [0.25, 0.3) is 0 Å². The van der Waals surface area contributed by atoms with E-state index in [-0.39, 0.29) is 6.10 Å². The summed E-state index contributed by atoms with van der Waals surface area (Å²) in [5, 5.41) is 12.7. The normalized spacial score (nSPS) is 14.5. The third kappa shape index (κ3) is 9.80. The molecule has 3 heteroatoms. The summed E-state index contributed by atoms with van der Waals surface area (Å²) in [7, 11) is 0. The highest BCUT2D eigenvalue weighted by Gasteiger charge is 2.11. The van der Waals surface area contributed by atoms with Crippen LogP contribution in [0.15, 0.2) is 0 Å². The maximum Gasteiger partial charge on any atom is 0.0671 e. The highest BCUT2D eigenvalue weighted by atomic mass is 16.5. The third-order valence-electron chi connectivity index (χ3n) is 1.80. The van der Waals surface area contributed by atoms with Crippen molar-refractivity contribution in [3.63, 3.8) is 0 Å². The molecule has 0 radical (unpaired) electrons. The molecule has 13 heavy (non-hydrogen) atoms. The van der Waals surface area contributed by atoms with Crippen LogP contribution in [0.4, 0.5) is 0 Å². The molecule has 0 aliphatic carbocycles. The van der Waals surface area contributed by atoms with E-state index in [0.29, 0.717) is 0 Å². The van der Waals surface area contributed by atoms with Gasteiger partial charge in [-0.1, -0.05) is 0 Å². The molecule has 0 aromatic rings. The van der Waals surface area contributed by atoms with Crippen LogP contribution >= 0.6 is 0 Å². The van der Waals surface area contributed by atoms with Gasteiger partial charge in [-0.3, -0.25) is 0 Å². The van der Waals surface area contributed by atoms with Crippen molar-refractivity contribution in [2.24, 2.45) is 0 Å². The zero-order valence-electron chi connectivity index (χ0n) is 9.26. The first-order chi connectivity index (χ1) is 5.95. The molecule has 0 rings (SSSR count). The van der Waals surface area contributed by atoms with Crippen LogP contribution in [0.5, 0.6) is 0 Å². The maximum atomic E-state index is 9.41. The largest absolute Gasteiger partial charge is 0.390 e. The van der Waals surface area contributed by atoms with E-state index in [1.807, 2.05) is 27.7 Å². The van der Waals surface area contributed by atoms with E-state index in [9.17, 15) is 5.11 Å². The van der Waals surface area contributed by atoms with Gasteiger partial charge in [0.2, 0.25) is 0 Å². The summed E-state index contributed by atoms with van der Waals surface area (Å²) < 4.78 is 5.35. The summed E-state index contributed by atoms with van der Waals surface area (Å²) in [6.45, 7) is 10.1. The third-order valence-corrected chi connectivity index (χ3v) is 1.80. The van der Waals surface area contributed by atoms with Gasteiger partial charge in [0.15, 0.2) is 0 Å². The summed E-state index contributed by atoms with van der Waals surface area (Å²) >= 11 is 0. The van der Waals surface area contributed by atoms with E-state index < -0.39 is 5.60 Å². The maximum absolute atomic E-state index is 9.41. The molecule has 0 saturated heterocycles. The Bertz CT molecular complexity index is 121. The van der Waals surface area contributed by atoms with Crippen LogP contribution in [-0.4, -0.2) is 36.5 Å². The van der Waals surface area contributed by atoms with Crippen molar-refractivity contribution < 1.29 is 9.84 Å². The lowest BCUT2D eigenvalue weighted by Gasteiger charge is -2.18. The number of hydrogen-bond donors (Lipinski definition) is 2. The zero-order chi connectivity index (χ0) is 10.3. The lowest BCUT2D eigenvalue weighted by atomic mass is 10.1. The minimum Gasteiger partial charge on any atom is -0.390 e. The van der Waals surface area contributed by atoms with Crippen molar-refractivity contribution in [3.8, 4) is 0 Å². The summed E-state index contributed by atoms with van der Waals surface area (Å²) in [6, 6.07) is 0. The summed E-state index contributed by atoms with van der Waals surface area (Å²) in [5.74, 6) is 0. The molecule has 80 valence electrons. The molecule has 0 amide bonds. The Morgan fingerprint density at radius 1 is 1.46 bits per heavy atom. The highest BCUT2D eigenvalue weighted by Crippen LogP contribution is 2.04. The van der Waals surface area contributed by atoms with Gasteiger partial charge in [0, 0.05) is 13.2 Å². The van der Waals surface area contributed by atoms with Crippen LogP contribution in [-0.2, 0) is 4.74 Å². The quantitative estimate of drug-likeness (QED) is 0.591. The number of rotatable bonds is 7. The zero-order valence-corrected chi connectivity index (χ0v) is 9.26. The number of nitrogens with one attached hydrogen (secondary N) is 1. The lowest BCUT2D eigenvalue weighted by molar-refractivity contribution is 0.0615. The fourth-order valence-electron chi connectivity index (χ4n) is 1.04. The van der Waals surface area contributed by atoms with Crippen molar-refractivity contribution in [1.82, 2.24) is 5.32 Å². The van der Waals surface area contributed by atoms with Gasteiger partial charge < -0.3 is 15.2 Å². The molecule has 2 N–H and O–H groups in total. The summed E-state index contributed by atoms with van der Waals surface area (Å²) in [5.41, 5.74) is -0.568. The minimum absolute atomic E-state index is 0.256. The first-order valence-electron chi connectivity index (χ1n) is 5.00. The van der Waals surface area contributed by atoms with E-state index >= 15 is 0 Å². The van der Waals surface area contributed by atoms with E-state index in [2.05, 4.69) is 5.32 Å². The van der Waals surface area contributed by atoms with E-state index in [0.717, 1.165) is 26.1 Å². The van der Waals surface area contributed by atoms with Gasteiger partial charge in [-0.25, -0.2) is 0 Å². The smallest absolute Gasteiger partial charge is 0.0671 e. The van der Waals surface area contributed by atoms with Gasteiger partial charge in [-0.05, 0) is 40.7 Å². The van der Waals surface area contributed by atoms with Crippen LogP contribution in [0.3, 0.4) is 0 Å². The average Bonchev–Trinajstić information content (AvgIpc) is 1.97. The van der Waals surface area contributed by atoms with Crippen molar-refractivity contribution in [1.29, 1.82) is 0 Å². The molecular weight excluding hydrogens is 166 g/mol. The van der Waals surface area contributed by atoms with Gasteiger partial charge in [-0.2, -0.15) is 0 Å². The Hall–Kier alpha value is -0.120. The Kier molecular flexibility index (Phi) is 6.29. The first kappa shape index (κ1) is 12.9. The summed E-state index contributed by atoms with van der Waals surface area (Å²) in [6.07, 6.45) is 1.03. The van der Waals surface area contributed by atoms with Crippen molar-refractivity contribution in [2.45, 2.75) is 45.8 Å². The highest BCUT2D eigenvalue weighted by molar-refractivity contribution is 4.67. The molecule has 1 unspecified atom stereocenters. The molecule has 0 aromatic carbocycles. The van der Waals surface area contributed by atoms with E-state index in [4.69, 9.17) is 4.74 Å². The monoisotopic (exact) mass is 189 g/mol. The molecule has 3 nitrogen and oxygen atoms in total. The van der Waals surface area contributed by atoms with Crippen molar-refractivity contribution in [2.75, 3.05) is 19.7 Å². The van der Waals surface area contributed by atoms with Gasteiger partial charge in [0.1, 0.15) is 0 Å². The SMILES string of the molecule is CCOC(C)CNCCC(C)(C)O. The molecule has 0 bridgehead atoms. The van der Waals surface area contributed by atoms with Crippen LogP contribution < -0.4 is 5.32 Å². The molecule has 0 saturated carbocycles. The molecule has 0 fully saturated rings. The molecule has 0 spiro atoms. The van der Waals surface area contributed by atoms with E-state index in [1.165, 1.54) is 0 Å². The minimum atomic E-state index is -0.568. The lowest BCUT2D eigenvalue weighted by Crippen LogP contribution is -2.31. The Morgan fingerprint density at radius 3 is 2.54 bits per heavy atom. The van der Waals surface area contributed by atoms with Gasteiger partial charge in [0.25, 0.3) is 0 Å². The topological polar surface area (TPSA) is 41.5 Å². The molecule has 0 aliphatic rings. The second-order valence-corrected chi connectivity index (χ2v) is 4.03. The molecule has 0 aliphatic heterocycles. The van der Waals surface area contributed by atoms with Gasteiger partial charge in [-0.15, -0.1) is 0 Å². The van der Waals surface area contributed by atoms with Crippen molar-refractivity contribution >= 4 is 0 Å². The number of hydrogen-bond acceptors (Lipinski definition) is 3. The standard InChI is InChI=1S/C10H23NO2/c1-5-13-9(2)8-11-7-6-10(3,4)12/h9,11-12H,5-8H2,1-4H3. The van der Waals surface area contributed by atoms with Crippen molar-refractivity contribution in [3.05, 3.63) is 0 Å². The molecule has 1 atom stereocenters. The predicted molar refractivity (Wildman–Crippen MR) is 54.9 cm³/mol. The predicted octanol–water partition coefficient (Wildman–Crippen LogP) is 1.16. The van der Waals surface area contributed by atoms with Crippen LogP contribution in [0.2, 0.25) is 0 Å². The molecule has 0 heterocycles. The second-order valence-electron chi connectivity index (χ2n) is 4.03. The Labute approximate surface area is 81.5 Å². The average molecular weight is 189 g/mol. The summed E-state index contributed by atoms with van der Waals surface area (Å²) in [4.78, 5) is 0. The fraction of sp³-hybridized carbons (Fsp3) is 1.00. The van der Waals surface area contributed by atoms with Gasteiger partial charge in [0.05, 0.1) is 11.7 Å². The number of aliphatic hydroxyl groups is 1. The Balaban J connectivity index is 3.25. The van der Waals surface area contributed by atoms with Gasteiger partial charge >= 0.3 is 0 Å². The van der Waals surface area contributed by atoms with Crippen LogP contribution in [0, 0.1) is 0 Å².